The van der Waals surface area contributed by atoms with Gasteiger partial charge in [0.15, 0.2) is 0 Å². The predicted octanol–water partition coefficient (Wildman–Crippen LogP) is 5.59. The summed E-state index contributed by atoms with van der Waals surface area (Å²) < 4.78 is 0. The molecule has 132 valence electrons. The van der Waals surface area contributed by atoms with Crippen molar-refractivity contribution in [2.24, 2.45) is 4.99 Å². The summed E-state index contributed by atoms with van der Waals surface area (Å²) in [5.41, 5.74) is 2.00. The van der Waals surface area contributed by atoms with E-state index < -0.39 is 12.1 Å². The van der Waals surface area contributed by atoms with Gasteiger partial charge in [-0.25, -0.2) is 0 Å². The van der Waals surface area contributed by atoms with Gasteiger partial charge in [0.1, 0.15) is 17.9 Å². The molecule has 0 radical (unpaired) electrons. The fourth-order valence-corrected chi connectivity index (χ4v) is 3.19. The summed E-state index contributed by atoms with van der Waals surface area (Å²) in [5, 5.41) is 21.5. The highest BCUT2D eigenvalue weighted by atomic mass is 35.5. The van der Waals surface area contributed by atoms with E-state index in [-0.39, 0.29) is 10.8 Å². The molecule has 3 aromatic carbocycles. The van der Waals surface area contributed by atoms with Gasteiger partial charge in [-0.15, -0.1) is 0 Å². The molecule has 0 fully saturated rings. The molecule has 0 aliphatic rings. The third-order valence-electron chi connectivity index (χ3n) is 4.01. The monoisotopic (exact) mass is 385 g/mol. The molecule has 0 aromatic heterocycles. The van der Waals surface area contributed by atoms with Crippen molar-refractivity contribution in [2.45, 2.75) is 12.1 Å². The zero-order valence-corrected chi connectivity index (χ0v) is 15.3. The van der Waals surface area contributed by atoms with Gasteiger partial charge in [-0.05, 0) is 23.3 Å². The fourth-order valence-electron chi connectivity index (χ4n) is 2.68. The minimum atomic E-state index is -0.841. The van der Waals surface area contributed by atoms with Gasteiger partial charge < -0.3 is 10.2 Å². The quantitative estimate of drug-likeness (QED) is 0.562. The maximum absolute atomic E-state index is 10.9. The van der Waals surface area contributed by atoms with Gasteiger partial charge in [-0.2, -0.15) is 0 Å². The lowest BCUT2D eigenvalue weighted by Gasteiger charge is -2.20. The van der Waals surface area contributed by atoms with Crippen molar-refractivity contribution < 1.29 is 10.2 Å². The number of aromatic hydroxyl groups is 1. The van der Waals surface area contributed by atoms with Crippen LogP contribution in [0, 0.1) is 0 Å². The average Bonchev–Trinajstić information content (AvgIpc) is 2.67. The maximum Gasteiger partial charge on any atom is 0.143 e. The zero-order chi connectivity index (χ0) is 18.5. The lowest BCUT2D eigenvalue weighted by Crippen LogP contribution is -2.09. The molecule has 0 amide bonds. The van der Waals surface area contributed by atoms with E-state index in [9.17, 15) is 10.2 Å². The molecule has 0 aliphatic heterocycles. The van der Waals surface area contributed by atoms with Crippen LogP contribution in [0.5, 0.6) is 5.75 Å². The second-order valence-electron chi connectivity index (χ2n) is 5.81. The number of aliphatic imine (C=N–C) groups is 1. The molecule has 26 heavy (non-hydrogen) atoms. The minimum Gasteiger partial charge on any atom is -0.506 e. The number of rotatable bonds is 5. The summed E-state index contributed by atoms with van der Waals surface area (Å²) >= 11 is 12.0. The van der Waals surface area contributed by atoms with E-state index in [1.807, 2.05) is 60.7 Å². The van der Waals surface area contributed by atoms with Crippen molar-refractivity contribution in [3.05, 3.63) is 99.5 Å². The molecule has 0 bridgehead atoms. The lowest BCUT2D eigenvalue weighted by atomic mass is 9.96. The molecule has 0 saturated carbocycles. The number of benzene rings is 3. The average molecular weight is 386 g/mol. The van der Waals surface area contributed by atoms with Crippen LogP contribution in [0.15, 0.2) is 77.8 Å². The third kappa shape index (κ3) is 4.25. The van der Waals surface area contributed by atoms with E-state index in [0.717, 1.165) is 11.1 Å². The van der Waals surface area contributed by atoms with Crippen LogP contribution in [0.3, 0.4) is 0 Å². The van der Waals surface area contributed by atoms with Gasteiger partial charge in [0.25, 0.3) is 0 Å². The Bertz CT molecular complexity index is 899. The smallest absolute Gasteiger partial charge is 0.143 e. The Balaban J connectivity index is 1.99. The minimum absolute atomic E-state index is 0.0965. The van der Waals surface area contributed by atoms with E-state index in [1.165, 1.54) is 12.3 Å². The Kier molecular flexibility index (Phi) is 5.94. The number of halogens is 2. The molecule has 0 saturated heterocycles. The number of aliphatic hydroxyl groups is 1. The van der Waals surface area contributed by atoms with Crippen LogP contribution >= 0.6 is 23.2 Å². The molecule has 0 heterocycles. The molecule has 0 unspecified atom stereocenters. The van der Waals surface area contributed by atoms with Gasteiger partial charge in [0.05, 0.1) is 5.02 Å². The van der Waals surface area contributed by atoms with Gasteiger partial charge in [-0.1, -0.05) is 83.9 Å². The highest BCUT2D eigenvalue weighted by Crippen LogP contribution is 2.34. The summed E-state index contributed by atoms with van der Waals surface area (Å²) in [5.74, 6) is -0.0965. The molecule has 5 heteroatoms. The van der Waals surface area contributed by atoms with Gasteiger partial charge in [0, 0.05) is 16.8 Å². The predicted molar refractivity (Wildman–Crippen MR) is 106 cm³/mol. The van der Waals surface area contributed by atoms with Crippen LogP contribution in [0.2, 0.25) is 10.0 Å². The third-order valence-corrected chi connectivity index (χ3v) is 4.52. The largest absolute Gasteiger partial charge is 0.506 e. The molecule has 2 atom stereocenters. The molecule has 0 aliphatic carbocycles. The van der Waals surface area contributed by atoms with Crippen molar-refractivity contribution >= 4 is 29.4 Å². The summed E-state index contributed by atoms with van der Waals surface area (Å²) in [6.45, 7) is 0. The number of hydrogen-bond donors (Lipinski definition) is 2. The molecular weight excluding hydrogens is 369 g/mol. The Morgan fingerprint density at radius 3 is 2.04 bits per heavy atom. The lowest BCUT2D eigenvalue weighted by molar-refractivity contribution is 0.148. The highest BCUT2D eigenvalue weighted by molar-refractivity contribution is 6.36. The number of phenols is 1. The molecule has 3 aromatic rings. The first kappa shape index (κ1) is 18.5. The Labute approximate surface area is 162 Å². The van der Waals surface area contributed by atoms with E-state index in [4.69, 9.17) is 23.2 Å². The van der Waals surface area contributed by atoms with Gasteiger partial charge in [0.2, 0.25) is 0 Å². The summed E-state index contributed by atoms with van der Waals surface area (Å²) in [6, 6.07) is 21.3. The highest BCUT2D eigenvalue weighted by Gasteiger charge is 2.21. The van der Waals surface area contributed by atoms with E-state index >= 15 is 0 Å². The van der Waals surface area contributed by atoms with Crippen molar-refractivity contribution in [2.75, 3.05) is 0 Å². The van der Waals surface area contributed by atoms with Crippen molar-refractivity contribution in [1.29, 1.82) is 0 Å². The van der Waals surface area contributed by atoms with Crippen molar-refractivity contribution in [3.8, 4) is 5.75 Å². The summed E-state index contributed by atoms with van der Waals surface area (Å²) in [6.07, 6.45) is 0.642. The van der Waals surface area contributed by atoms with Crippen molar-refractivity contribution in [1.82, 2.24) is 0 Å². The number of hydrogen-bond acceptors (Lipinski definition) is 3. The normalized spacial score (nSPS) is 13.7. The molecule has 0 spiro atoms. The van der Waals surface area contributed by atoms with Crippen LogP contribution in [-0.2, 0) is 0 Å². The zero-order valence-electron chi connectivity index (χ0n) is 13.8. The van der Waals surface area contributed by atoms with Gasteiger partial charge in [-0.3, -0.25) is 4.99 Å². The van der Waals surface area contributed by atoms with Crippen LogP contribution in [0.1, 0.15) is 28.8 Å². The topological polar surface area (TPSA) is 52.8 Å². The summed E-state index contributed by atoms with van der Waals surface area (Å²) in [7, 11) is 0. The van der Waals surface area contributed by atoms with Crippen LogP contribution < -0.4 is 0 Å². The standard InChI is InChI=1S/C21H17Cl2NO2/c22-17-11-16(20(25)18(23)12-17)13-24-19(14-7-3-1-4-8-14)21(26)15-9-5-2-6-10-15/h1-13,19,21,25-26H/t19-,21+/m1/s1. The van der Waals surface area contributed by atoms with E-state index in [0.29, 0.717) is 10.6 Å². The first-order valence-corrected chi connectivity index (χ1v) is 8.81. The summed E-state index contributed by atoms with van der Waals surface area (Å²) in [4.78, 5) is 4.53. The molecular formula is C21H17Cl2NO2. The Hall–Kier alpha value is -2.33. The second kappa shape index (κ2) is 8.37. The fraction of sp³-hybridized carbons (Fsp3) is 0.0952. The molecule has 3 nitrogen and oxygen atoms in total. The Morgan fingerprint density at radius 1 is 0.846 bits per heavy atom. The van der Waals surface area contributed by atoms with E-state index in [2.05, 4.69) is 4.99 Å². The van der Waals surface area contributed by atoms with Gasteiger partial charge >= 0.3 is 0 Å². The Morgan fingerprint density at radius 2 is 1.42 bits per heavy atom. The first-order chi connectivity index (χ1) is 12.6. The van der Waals surface area contributed by atoms with Crippen LogP contribution in [0.4, 0.5) is 0 Å². The van der Waals surface area contributed by atoms with E-state index in [1.54, 1.807) is 6.07 Å². The van der Waals surface area contributed by atoms with Crippen molar-refractivity contribution in [3.63, 3.8) is 0 Å². The molecule has 3 rings (SSSR count). The SMILES string of the molecule is Oc1c(Cl)cc(Cl)cc1C=N[C@H](c1ccccc1)[C@@H](O)c1ccccc1. The van der Waals surface area contributed by atoms with Crippen LogP contribution in [-0.4, -0.2) is 16.4 Å². The first-order valence-electron chi connectivity index (χ1n) is 8.05. The number of phenolic OH excluding ortho intramolecular Hbond substituents is 1. The van der Waals surface area contributed by atoms with Crippen LogP contribution in [0.25, 0.3) is 0 Å². The number of nitrogens with zero attached hydrogens (tertiary/aromatic N) is 1. The molecule has 2 N–H and O–H groups in total. The maximum atomic E-state index is 10.9. The second-order valence-corrected chi connectivity index (χ2v) is 6.66. The number of aliphatic hydroxyl groups excluding tert-OH is 1.